The van der Waals surface area contributed by atoms with Crippen LogP contribution in [0.15, 0.2) is 9.95 Å². The van der Waals surface area contributed by atoms with Gasteiger partial charge in [-0.25, -0.2) is 4.98 Å². The minimum Gasteiger partial charge on any atom is -0.342 e. The molecule has 5 nitrogen and oxygen atoms in total. The van der Waals surface area contributed by atoms with E-state index in [4.69, 9.17) is 0 Å². The summed E-state index contributed by atoms with van der Waals surface area (Å²) in [5, 5.41) is 1.20. The number of aromatic nitrogens is 2. The third kappa shape index (κ3) is 3.45. The van der Waals surface area contributed by atoms with Gasteiger partial charge in [-0.05, 0) is 38.2 Å². The van der Waals surface area contributed by atoms with E-state index in [2.05, 4.69) is 16.9 Å². The van der Waals surface area contributed by atoms with Crippen molar-refractivity contribution in [2.45, 2.75) is 38.8 Å². The maximum atomic E-state index is 12.3. The Hall–Kier alpha value is -1.34. The number of amides is 1. The standard InChI is InChI=1S/C16H21N3O2S2/c1-9-5-4-6-19(7-9)12(20)8-22-16-17-14(21)13-10(2)11(3)23-15(13)18-16/h9H,4-8H2,1-3H3,(H,17,18,21)/t9-/m1/s1. The fourth-order valence-corrected chi connectivity index (χ4v) is 4.79. The van der Waals surface area contributed by atoms with Gasteiger partial charge in [-0.1, -0.05) is 18.7 Å². The third-order valence-electron chi connectivity index (χ3n) is 4.36. The number of piperidine rings is 1. The summed E-state index contributed by atoms with van der Waals surface area (Å²) in [6.45, 7) is 7.80. The maximum absolute atomic E-state index is 12.3. The molecule has 23 heavy (non-hydrogen) atoms. The monoisotopic (exact) mass is 351 g/mol. The largest absolute Gasteiger partial charge is 0.342 e. The second-order valence-electron chi connectivity index (χ2n) is 6.21. The number of carbonyl (C=O) groups is 1. The maximum Gasteiger partial charge on any atom is 0.260 e. The zero-order valence-corrected chi connectivity index (χ0v) is 15.3. The number of hydrogen-bond acceptors (Lipinski definition) is 5. The molecule has 0 unspecified atom stereocenters. The molecule has 0 saturated carbocycles. The fourth-order valence-electron chi connectivity index (χ4n) is 2.94. The van der Waals surface area contributed by atoms with Crippen LogP contribution >= 0.6 is 23.1 Å². The van der Waals surface area contributed by atoms with E-state index in [1.807, 2.05) is 18.7 Å². The van der Waals surface area contributed by atoms with Crippen LogP contribution < -0.4 is 5.56 Å². The summed E-state index contributed by atoms with van der Waals surface area (Å²) >= 11 is 2.85. The number of aryl methyl sites for hydroxylation is 2. The number of hydrogen-bond donors (Lipinski definition) is 1. The Kier molecular flexibility index (Phi) is 4.77. The highest BCUT2D eigenvalue weighted by Gasteiger charge is 2.21. The Balaban J connectivity index is 1.72. The highest BCUT2D eigenvalue weighted by molar-refractivity contribution is 7.99. The van der Waals surface area contributed by atoms with Crippen LogP contribution in [-0.2, 0) is 4.79 Å². The zero-order chi connectivity index (χ0) is 16.6. The number of thiophene rings is 1. The van der Waals surface area contributed by atoms with E-state index < -0.39 is 0 Å². The molecule has 3 heterocycles. The second-order valence-corrected chi connectivity index (χ2v) is 8.38. The molecule has 1 saturated heterocycles. The van der Waals surface area contributed by atoms with Gasteiger partial charge in [0, 0.05) is 18.0 Å². The van der Waals surface area contributed by atoms with E-state index in [0.29, 0.717) is 22.2 Å². The number of nitrogens with zero attached hydrogens (tertiary/aromatic N) is 2. The van der Waals surface area contributed by atoms with Gasteiger partial charge in [0.25, 0.3) is 5.56 Å². The first-order chi connectivity index (χ1) is 11.0. The van der Waals surface area contributed by atoms with Crippen LogP contribution in [-0.4, -0.2) is 39.6 Å². The van der Waals surface area contributed by atoms with Crippen molar-refractivity contribution in [3.63, 3.8) is 0 Å². The molecular formula is C16H21N3O2S2. The lowest BCUT2D eigenvalue weighted by atomic mass is 10.0. The van der Waals surface area contributed by atoms with Gasteiger partial charge in [0.1, 0.15) is 4.83 Å². The number of likely N-dealkylation sites (tertiary alicyclic amines) is 1. The van der Waals surface area contributed by atoms with Gasteiger partial charge in [0.05, 0.1) is 11.1 Å². The number of thioether (sulfide) groups is 1. The van der Waals surface area contributed by atoms with Crippen molar-refractivity contribution in [2.24, 2.45) is 5.92 Å². The number of fused-ring (bicyclic) bond motifs is 1. The van der Waals surface area contributed by atoms with Crippen LogP contribution in [0.2, 0.25) is 0 Å². The Morgan fingerprint density at radius 3 is 3.00 bits per heavy atom. The number of rotatable bonds is 3. The molecule has 1 atom stereocenters. The molecule has 7 heteroatoms. The summed E-state index contributed by atoms with van der Waals surface area (Å²) in [4.78, 5) is 35.6. The first-order valence-corrected chi connectivity index (χ1v) is 9.66. The zero-order valence-electron chi connectivity index (χ0n) is 13.6. The van der Waals surface area contributed by atoms with Gasteiger partial charge >= 0.3 is 0 Å². The summed E-state index contributed by atoms with van der Waals surface area (Å²) in [6, 6.07) is 0. The lowest BCUT2D eigenvalue weighted by Gasteiger charge is -2.30. The average Bonchev–Trinajstić information content (AvgIpc) is 2.80. The van der Waals surface area contributed by atoms with Crippen molar-refractivity contribution >= 4 is 39.2 Å². The van der Waals surface area contributed by atoms with E-state index in [9.17, 15) is 9.59 Å². The van der Waals surface area contributed by atoms with Crippen molar-refractivity contribution < 1.29 is 4.79 Å². The molecule has 1 aliphatic heterocycles. The van der Waals surface area contributed by atoms with E-state index in [0.717, 1.165) is 34.8 Å². The highest BCUT2D eigenvalue weighted by Crippen LogP contribution is 2.27. The van der Waals surface area contributed by atoms with Gasteiger partial charge in [-0.3, -0.25) is 9.59 Å². The number of nitrogens with one attached hydrogen (secondary N) is 1. The van der Waals surface area contributed by atoms with Gasteiger partial charge < -0.3 is 9.88 Å². The van der Waals surface area contributed by atoms with Crippen molar-refractivity contribution in [3.05, 3.63) is 20.8 Å². The second kappa shape index (κ2) is 6.65. The Morgan fingerprint density at radius 2 is 2.26 bits per heavy atom. The van der Waals surface area contributed by atoms with E-state index in [1.165, 1.54) is 29.5 Å². The first-order valence-electron chi connectivity index (χ1n) is 7.86. The molecule has 0 radical (unpaired) electrons. The van der Waals surface area contributed by atoms with Gasteiger partial charge in [0.2, 0.25) is 5.91 Å². The average molecular weight is 351 g/mol. The third-order valence-corrected chi connectivity index (χ3v) is 6.32. The molecule has 1 fully saturated rings. The Labute approximate surface area is 143 Å². The lowest BCUT2D eigenvalue weighted by molar-refractivity contribution is -0.130. The predicted octanol–water partition coefficient (Wildman–Crippen LogP) is 2.95. The smallest absolute Gasteiger partial charge is 0.260 e. The molecule has 1 N–H and O–H groups in total. The van der Waals surface area contributed by atoms with Crippen LogP contribution in [0.3, 0.4) is 0 Å². The van der Waals surface area contributed by atoms with Crippen LogP contribution in [0.25, 0.3) is 10.2 Å². The molecule has 124 valence electrons. The lowest BCUT2D eigenvalue weighted by Crippen LogP contribution is -2.40. The van der Waals surface area contributed by atoms with Gasteiger partial charge in [0.15, 0.2) is 5.16 Å². The minimum absolute atomic E-state index is 0.113. The van der Waals surface area contributed by atoms with Crippen molar-refractivity contribution in [3.8, 4) is 0 Å². The number of aromatic amines is 1. The summed E-state index contributed by atoms with van der Waals surface area (Å²) < 4.78 is 0. The van der Waals surface area contributed by atoms with Gasteiger partial charge in [-0.15, -0.1) is 11.3 Å². The minimum atomic E-state index is -0.113. The predicted molar refractivity (Wildman–Crippen MR) is 95.4 cm³/mol. The van der Waals surface area contributed by atoms with Crippen molar-refractivity contribution in [2.75, 3.05) is 18.8 Å². The summed E-state index contributed by atoms with van der Waals surface area (Å²) in [6.07, 6.45) is 2.27. The molecule has 1 aliphatic rings. The molecule has 0 bridgehead atoms. The Bertz CT molecular complexity index is 796. The van der Waals surface area contributed by atoms with Crippen LogP contribution in [0.5, 0.6) is 0 Å². The summed E-state index contributed by atoms with van der Waals surface area (Å²) in [5.41, 5.74) is 0.882. The van der Waals surface area contributed by atoms with E-state index in [1.54, 1.807) is 0 Å². The quantitative estimate of drug-likeness (QED) is 0.682. The molecule has 0 aromatic carbocycles. The first kappa shape index (κ1) is 16.5. The van der Waals surface area contributed by atoms with Gasteiger partial charge in [-0.2, -0.15) is 0 Å². The molecule has 2 aromatic rings. The Morgan fingerprint density at radius 1 is 1.48 bits per heavy atom. The molecule has 2 aromatic heterocycles. The number of H-pyrrole nitrogens is 1. The summed E-state index contributed by atoms with van der Waals surface area (Å²) in [7, 11) is 0. The molecule has 0 aliphatic carbocycles. The molecular weight excluding hydrogens is 330 g/mol. The van der Waals surface area contributed by atoms with Crippen LogP contribution in [0, 0.1) is 19.8 Å². The summed E-state index contributed by atoms with van der Waals surface area (Å²) in [5.74, 6) is 1.02. The molecule has 3 rings (SSSR count). The van der Waals surface area contributed by atoms with Crippen molar-refractivity contribution in [1.82, 2.24) is 14.9 Å². The van der Waals surface area contributed by atoms with Crippen molar-refractivity contribution in [1.29, 1.82) is 0 Å². The molecule has 1 amide bonds. The normalized spacial score (nSPS) is 18.6. The molecule has 0 spiro atoms. The SMILES string of the molecule is Cc1sc2nc(SCC(=O)N3CCC[C@@H](C)C3)[nH]c(=O)c2c1C. The van der Waals surface area contributed by atoms with E-state index in [-0.39, 0.29) is 11.5 Å². The fraction of sp³-hybridized carbons (Fsp3) is 0.562. The van der Waals surface area contributed by atoms with E-state index >= 15 is 0 Å². The van der Waals surface area contributed by atoms with Crippen LogP contribution in [0.4, 0.5) is 0 Å². The highest BCUT2D eigenvalue weighted by atomic mass is 32.2. The van der Waals surface area contributed by atoms with Crippen LogP contribution in [0.1, 0.15) is 30.2 Å². The number of carbonyl (C=O) groups excluding carboxylic acids is 1. The topological polar surface area (TPSA) is 66.1 Å².